The molecule has 13 heavy (non-hydrogen) atoms. The first-order chi connectivity index (χ1) is 6.38. The van der Waals surface area contributed by atoms with Crippen molar-refractivity contribution in [2.45, 2.75) is 25.8 Å². The molecule has 3 heteroatoms. The van der Waals surface area contributed by atoms with Crippen molar-refractivity contribution in [1.82, 2.24) is 10.3 Å². The molecule has 1 unspecified atom stereocenters. The summed E-state index contributed by atoms with van der Waals surface area (Å²) in [6, 6.07) is 0.411. The summed E-state index contributed by atoms with van der Waals surface area (Å²) in [5.41, 5.74) is 1.87. The van der Waals surface area contributed by atoms with Crippen LogP contribution in [-0.2, 0) is 0 Å². The summed E-state index contributed by atoms with van der Waals surface area (Å²) < 4.78 is 0. The van der Waals surface area contributed by atoms with E-state index >= 15 is 0 Å². The van der Waals surface area contributed by atoms with Crippen LogP contribution in [0.25, 0.3) is 0 Å². The molecule has 1 atom stereocenters. The van der Waals surface area contributed by atoms with E-state index in [1.54, 1.807) is 11.3 Å². The predicted molar refractivity (Wildman–Crippen MR) is 56.6 cm³/mol. The highest BCUT2D eigenvalue weighted by Gasteiger charge is 2.08. The summed E-state index contributed by atoms with van der Waals surface area (Å²) in [5, 5.41) is 3.27. The Hall–Kier alpha value is -0.850. The van der Waals surface area contributed by atoms with Gasteiger partial charge in [0.15, 0.2) is 0 Å². The Bertz CT molecular complexity index is 282. The van der Waals surface area contributed by atoms with Crippen LogP contribution in [-0.4, -0.2) is 12.0 Å². The van der Waals surface area contributed by atoms with Crippen molar-refractivity contribution in [2.75, 3.05) is 7.05 Å². The number of rotatable bonds is 4. The molecule has 1 rings (SSSR count). The molecular weight excluding hydrogens is 180 g/mol. The third-order valence-electron chi connectivity index (χ3n) is 1.88. The summed E-state index contributed by atoms with van der Waals surface area (Å²) in [6.07, 6.45) is 3.92. The Kier molecular flexibility index (Phi) is 4.52. The Morgan fingerprint density at radius 2 is 2.54 bits per heavy atom. The second kappa shape index (κ2) is 5.74. The van der Waals surface area contributed by atoms with Crippen LogP contribution in [0, 0.1) is 11.8 Å². The zero-order valence-electron chi connectivity index (χ0n) is 8.00. The zero-order chi connectivity index (χ0) is 9.52. The highest BCUT2D eigenvalue weighted by atomic mass is 32.1. The molecule has 1 aromatic heterocycles. The molecule has 1 aromatic rings. The van der Waals surface area contributed by atoms with Crippen molar-refractivity contribution in [2.24, 2.45) is 0 Å². The molecule has 2 nitrogen and oxygen atoms in total. The molecule has 0 amide bonds. The highest BCUT2D eigenvalue weighted by molar-refractivity contribution is 7.09. The van der Waals surface area contributed by atoms with Gasteiger partial charge in [0.1, 0.15) is 0 Å². The molecule has 0 aliphatic heterocycles. The summed E-state index contributed by atoms with van der Waals surface area (Å²) in [4.78, 5) is 5.35. The highest BCUT2D eigenvalue weighted by Crippen LogP contribution is 2.20. The molecule has 1 heterocycles. The fourth-order valence-electron chi connectivity index (χ4n) is 1.17. The minimum atomic E-state index is 0.411. The van der Waals surface area contributed by atoms with E-state index in [9.17, 15) is 0 Å². The second-order valence-electron chi connectivity index (χ2n) is 2.71. The van der Waals surface area contributed by atoms with Crippen molar-refractivity contribution in [3.63, 3.8) is 0 Å². The van der Waals surface area contributed by atoms with E-state index in [1.807, 2.05) is 25.7 Å². The van der Waals surface area contributed by atoms with Crippen LogP contribution >= 0.6 is 11.3 Å². The van der Waals surface area contributed by atoms with Crippen LogP contribution in [0.5, 0.6) is 0 Å². The average molecular weight is 194 g/mol. The predicted octanol–water partition coefficient (Wildman–Crippen LogP) is 2.21. The number of aromatic nitrogens is 1. The number of nitrogens with zero attached hydrogens (tertiary/aromatic N) is 1. The van der Waals surface area contributed by atoms with Crippen LogP contribution in [0.4, 0.5) is 0 Å². The smallest absolute Gasteiger partial charge is 0.0794 e. The van der Waals surface area contributed by atoms with Crippen LogP contribution in [0.15, 0.2) is 11.7 Å². The molecule has 0 aliphatic rings. The van der Waals surface area contributed by atoms with Gasteiger partial charge in [0.25, 0.3) is 0 Å². The van der Waals surface area contributed by atoms with Crippen LogP contribution < -0.4 is 5.32 Å². The van der Waals surface area contributed by atoms with E-state index in [1.165, 1.54) is 4.88 Å². The topological polar surface area (TPSA) is 24.9 Å². The van der Waals surface area contributed by atoms with Crippen molar-refractivity contribution in [3.8, 4) is 11.8 Å². The molecule has 70 valence electrons. The van der Waals surface area contributed by atoms with Gasteiger partial charge >= 0.3 is 0 Å². The third kappa shape index (κ3) is 3.17. The minimum Gasteiger partial charge on any atom is -0.312 e. The lowest BCUT2D eigenvalue weighted by Gasteiger charge is -2.11. The normalized spacial score (nSPS) is 11.8. The number of hydrogen-bond acceptors (Lipinski definition) is 3. The third-order valence-corrected chi connectivity index (χ3v) is 2.77. The van der Waals surface area contributed by atoms with E-state index in [0.29, 0.717) is 6.04 Å². The number of hydrogen-bond donors (Lipinski definition) is 1. The Balaban J connectivity index is 2.47. The first-order valence-corrected chi connectivity index (χ1v) is 5.21. The van der Waals surface area contributed by atoms with Crippen molar-refractivity contribution in [3.05, 3.63) is 16.6 Å². The molecular formula is C10H14N2S. The van der Waals surface area contributed by atoms with E-state index < -0.39 is 0 Å². The van der Waals surface area contributed by atoms with Crippen LogP contribution in [0.2, 0.25) is 0 Å². The van der Waals surface area contributed by atoms with E-state index in [4.69, 9.17) is 0 Å². The van der Waals surface area contributed by atoms with Crippen molar-refractivity contribution < 1.29 is 0 Å². The minimum absolute atomic E-state index is 0.411. The van der Waals surface area contributed by atoms with E-state index in [-0.39, 0.29) is 0 Å². The fraction of sp³-hybridized carbons (Fsp3) is 0.500. The van der Waals surface area contributed by atoms with Gasteiger partial charge in [0.2, 0.25) is 0 Å². The molecule has 0 fully saturated rings. The van der Waals surface area contributed by atoms with Gasteiger partial charge in [-0.25, -0.2) is 0 Å². The Morgan fingerprint density at radius 1 is 1.69 bits per heavy atom. The number of nitrogens with one attached hydrogen (secondary N) is 1. The lowest BCUT2D eigenvalue weighted by atomic mass is 10.1. The molecule has 0 bridgehead atoms. The molecule has 0 aliphatic carbocycles. The fourth-order valence-corrected chi connectivity index (χ4v) is 1.93. The second-order valence-corrected chi connectivity index (χ2v) is 3.63. The van der Waals surface area contributed by atoms with Crippen LogP contribution in [0.3, 0.4) is 0 Å². The molecule has 0 aromatic carbocycles. The molecule has 0 saturated heterocycles. The van der Waals surface area contributed by atoms with Gasteiger partial charge in [0, 0.05) is 23.5 Å². The number of thiazole rings is 1. The summed E-state index contributed by atoms with van der Waals surface area (Å²) in [6.45, 7) is 1.88. The largest absolute Gasteiger partial charge is 0.312 e. The van der Waals surface area contributed by atoms with Gasteiger partial charge in [-0.3, -0.25) is 4.98 Å². The Labute approximate surface area is 83.4 Å². The molecule has 0 spiro atoms. The van der Waals surface area contributed by atoms with E-state index in [2.05, 4.69) is 22.1 Å². The maximum absolute atomic E-state index is 4.06. The SMILES string of the molecule is CC#CCCC(NC)c1cncs1. The molecule has 1 N–H and O–H groups in total. The first kappa shape index (κ1) is 10.2. The van der Waals surface area contributed by atoms with Crippen LogP contribution in [0.1, 0.15) is 30.7 Å². The molecule has 0 radical (unpaired) electrons. The van der Waals surface area contributed by atoms with Crippen molar-refractivity contribution in [1.29, 1.82) is 0 Å². The monoisotopic (exact) mass is 194 g/mol. The maximum Gasteiger partial charge on any atom is 0.0794 e. The van der Waals surface area contributed by atoms with Gasteiger partial charge in [-0.2, -0.15) is 0 Å². The lowest BCUT2D eigenvalue weighted by molar-refractivity contribution is 0.566. The van der Waals surface area contributed by atoms with Gasteiger partial charge in [-0.05, 0) is 20.4 Å². The maximum atomic E-state index is 4.06. The average Bonchev–Trinajstić information content (AvgIpc) is 2.65. The molecule has 0 saturated carbocycles. The van der Waals surface area contributed by atoms with Gasteiger partial charge in [0.05, 0.1) is 5.51 Å². The lowest BCUT2D eigenvalue weighted by Crippen LogP contribution is -2.14. The Morgan fingerprint density at radius 3 is 3.08 bits per heavy atom. The zero-order valence-corrected chi connectivity index (χ0v) is 8.82. The summed E-state index contributed by atoms with van der Waals surface area (Å²) in [5.74, 6) is 5.97. The van der Waals surface area contributed by atoms with E-state index in [0.717, 1.165) is 12.8 Å². The van der Waals surface area contributed by atoms with Gasteiger partial charge in [-0.15, -0.1) is 23.2 Å². The van der Waals surface area contributed by atoms with Crippen molar-refractivity contribution >= 4 is 11.3 Å². The first-order valence-electron chi connectivity index (χ1n) is 4.33. The van der Waals surface area contributed by atoms with Gasteiger partial charge in [-0.1, -0.05) is 0 Å². The van der Waals surface area contributed by atoms with Gasteiger partial charge < -0.3 is 5.32 Å². The summed E-state index contributed by atoms with van der Waals surface area (Å²) in [7, 11) is 1.98. The standard InChI is InChI=1S/C10H14N2S/c1-3-4-5-6-9(11-2)10-7-12-8-13-10/h7-9,11H,5-6H2,1-2H3. The summed E-state index contributed by atoms with van der Waals surface area (Å²) >= 11 is 1.69. The quantitative estimate of drug-likeness (QED) is 0.743.